The second-order valence-corrected chi connectivity index (χ2v) is 19.8. The Hall–Kier alpha value is -9.35. The molecule has 0 saturated heterocycles. The molecule has 0 spiro atoms. The van der Waals surface area contributed by atoms with E-state index in [0.717, 1.165) is 44.2 Å². The zero-order chi connectivity index (χ0) is 48.2. The van der Waals surface area contributed by atoms with E-state index in [1.807, 2.05) is 11.3 Å². The van der Waals surface area contributed by atoms with Crippen molar-refractivity contribution in [3.05, 3.63) is 261 Å². The van der Waals surface area contributed by atoms with Crippen molar-refractivity contribution >= 4 is 63.8 Å². The average Bonchev–Trinajstić information content (AvgIpc) is 3.85. The van der Waals surface area contributed by atoms with E-state index < -0.39 is 0 Å². The predicted molar refractivity (Wildman–Crippen MR) is 309 cm³/mol. The summed E-state index contributed by atoms with van der Waals surface area (Å²) >= 11 is 1.86. The van der Waals surface area contributed by atoms with Crippen molar-refractivity contribution in [1.82, 2.24) is 15.0 Å². The Morgan fingerprint density at radius 1 is 0.219 bits per heavy atom. The molecule has 0 aliphatic carbocycles. The van der Waals surface area contributed by atoms with Gasteiger partial charge in [0.15, 0.2) is 17.5 Å². The zero-order valence-corrected chi connectivity index (χ0v) is 40.4. The van der Waals surface area contributed by atoms with Gasteiger partial charge in [0.2, 0.25) is 0 Å². The van der Waals surface area contributed by atoms with Gasteiger partial charge < -0.3 is 0 Å². The van der Waals surface area contributed by atoms with Crippen LogP contribution in [0.15, 0.2) is 261 Å². The number of rotatable bonds is 8. The monoisotopic (exact) mass is 945 g/mol. The van der Waals surface area contributed by atoms with Gasteiger partial charge in [-0.15, -0.1) is 11.3 Å². The highest BCUT2D eigenvalue weighted by Crippen LogP contribution is 2.43. The van der Waals surface area contributed by atoms with Crippen LogP contribution in [0, 0.1) is 0 Å². The van der Waals surface area contributed by atoms with E-state index in [0.29, 0.717) is 17.5 Å². The third-order valence-electron chi connectivity index (χ3n) is 14.3. The third-order valence-corrected chi connectivity index (χ3v) is 15.5. The lowest BCUT2D eigenvalue weighted by Gasteiger charge is -2.12. The molecule has 2 aromatic heterocycles. The molecule has 14 rings (SSSR count). The van der Waals surface area contributed by atoms with Gasteiger partial charge in [-0.2, -0.15) is 0 Å². The van der Waals surface area contributed by atoms with E-state index in [9.17, 15) is 0 Å². The average molecular weight is 946 g/mol. The first-order chi connectivity index (χ1) is 36.1. The quantitative estimate of drug-likeness (QED) is 0.152. The largest absolute Gasteiger partial charge is 0.208 e. The van der Waals surface area contributed by atoms with Gasteiger partial charge in [-0.05, 0) is 124 Å². The maximum atomic E-state index is 5.25. The molecule has 3 nitrogen and oxygen atoms in total. The Kier molecular flexibility index (Phi) is 10.4. The molecule has 0 fully saturated rings. The molecule has 0 saturated carbocycles. The Morgan fingerprint density at radius 2 is 0.658 bits per heavy atom. The molecule has 0 unspecified atom stereocenters. The third kappa shape index (κ3) is 7.82. The first-order valence-corrected chi connectivity index (χ1v) is 25.5. The second-order valence-electron chi connectivity index (χ2n) is 18.7. The molecular weight excluding hydrogens is 903 g/mol. The van der Waals surface area contributed by atoms with E-state index >= 15 is 0 Å². The van der Waals surface area contributed by atoms with Crippen LogP contribution in [-0.4, -0.2) is 15.0 Å². The van der Waals surface area contributed by atoms with Crippen LogP contribution >= 0.6 is 11.3 Å². The molecule has 0 amide bonds. The first kappa shape index (κ1) is 42.5. The van der Waals surface area contributed by atoms with Crippen LogP contribution in [0.4, 0.5) is 0 Å². The highest BCUT2D eigenvalue weighted by atomic mass is 32.1. The molecule has 340 valence electrons. The van der Waals surface area contributed by atoms with Crippen molar-refractivity contribution in [2.75, 3.05) is 0 Å². The number of hydrogen-bond acceptors (Lipinski definition) is 4. The number of nitrogens with zero attached hydrogens (tertiary/aromatic N) is 3. The van der Waals surface area contributed by atoms with Crippen LogP contribution in [-0.2, 0) is 0 Å². The Labute approximate surface area is 427 Å². The van der Waals surface area contributed by atoms with Crippen molar-refractivity contribution < 1.29 is 0 Å². The molecule has 0 atom stereocenters. The molecule has 4 heteroatoms. The minimum atomic E-state index is 0.620. The summed E-state index contributed by atoms with van der Waals surface area (Å²) in [5.74, 6) is 1.86. The second kappa shape index (κ2) is 17.8. The van der Waals surface area contributed by atoms with Crippen molar-refractivity contribution in [2.45, 2.75) is 0 Å². The van der Waals surface area contributed by atoms with E-state index in [1.165, 1.54) is 80.7 Å². The van der Waals surface area contributed by atoms with Crippen LogP contribution in [0.3, 0.4) is 0 Å². The summed E-state index contributed by atoms with van der Waals surface area (Å²) in [4.78, 5) is 15.7. The van der Waals surface area contributed by atoms with Crippen LogP contribution < -0.4 is 0 Å². The predicted octanol–water partition coefficient (Wildman–Crippen LogP) is 19.0. The fourth-order valence-electron chi connectivity index (χ4n) is 10.6. The van der Waals surface area contributed by atoms with Gasteiger partial charge in [0.25, 0.3) is 0 Å². The lowest BCUT2D eigenvalue weighted by Crippen LogP contribution is -2.00. The van der Waals surface area contributed by atoms with Gasteiger partial charge in [0, 0.05) is 36.9 Å². The summed E-state index contributed by atoms with van der Waals surface area (Å²) < 4.78 is 2.58. The van der Waals surface area contributed by atoms with Gasteiger partial charge >= 0.3 is 0 Å². The molecule has 0 bridgehead atoms. The summed E-state index contributed by atoms with van der Waals surface area (Å²) in [5, 5.41) is 9.79. The van der Waals surface area contributed by atoms with Crippen LogP contribution in [0.5, 0.6) is 0 Å². The van der Waals surface area contributed by atoms with Gasteiger partial charge in [-0.1, -0.05) is 224 Å². The van der Waals surface area contributed by atoms with Crippen molar-refractivity contribution in [3.63, 3.8) is 0 Å². The highest BCUT2D eigenvalue weighted by molar-refractivity contribution is 7.26. The van der Waals surface area contributed by atoms with Crippen molar-refractivity contribution in [2.24, 2.45) is 0 Å². The smallest absolute Gasteiger partial charge is 0.164 e. The van der Waals surface area contributed by atoms with Crippen LogP contribution in [0.1, 0.15) is 0 Å². The van der Waals surface area contributed by atoms with Crippen molar-refractivity contribution in [1.29, 1.82) is 0 Å². The van der Waals surface area contributed by atoms with E-state index in [-0.39, 0.29) is 0 Å². The van der Waals surface area contributed by atoms with Crippen LogP contribution in [0.25, 0.3) is 142 Å². The molecule has 14 aromatic rings. The Morgan fingerprint density at radius 3 is 1.34 bits per heavy atom. The number of benzene rings is 12. The van der Waals surface area contributed by atoms with Crippen LogP contribution in [0.2, 0.25) is 0 Å². The molecule has 0 aliphatic rings. The van der Waals surface area contributed by atoms with Gasteiger partial charge in [-0.3, -0.25) is 0 Å². The number of fused-ring (bicyclic) bond motifs is 6. The molecule has 73 heavy (non-hydrogen) atoms. The molecule has 0 radical (unpaired) electrons. The summed E-state index contributed by atoms with van der Waals surface area (Å²) in [5.41, 5.74) is 14.6. The summed E-state index contributed by atoms with van der Waals surface area (Å²) in [7, 11) is 0. The highest BCUT2D eigenvalue weighted by Gasteiger charge is 2.17. The summed E-state index contributed by atoms with van der Waals surface area (Å²) in [6.07, 6.45) is 0. The molecule has 12 aromatic carbocycles. The normalized spacial score (nSPS) is 11.6. The Balaban J connectivity index is 0.845. The van der Waals surface area contributed by atoms with E-state index in [1.54, 1.807) is 0 Å². The van der Waals surface area contributed by atoms with Gasteiger partial charge in [-0.25, -0.2) is 15.0 Å². The lowest BCUT2D eigenvalue weighted by atomic mass is 9.95. The van der Waals surface area contributed by atoms with Gasteiger partial charge in [0.1, 0.15) is 0 Å². The number of aromatic nitrogens is 3. The maximum absolute atomic E-state index is 5.25. The minimum Gasteiger partial charge on any atom is -0.208 e. The van der Waals surface area contributed by atoms with Gasteiger partial charge in [0.05, 0.1) is 0 Å². The summed E-state index contributed by atoms with van der Waals surface area (Å²) in [6, 6.07) is 93.8. The fourth-order valence-corrected chi connectivity index (χ4v) is 11.7. The maximum Gasteiger partial charge on any atom is 0.164 e. The summed E-state index contributed by atoms with van der Waals surface area (Å²) in [6.45, 7) is 0. The number of hydrogen-bond donors (Lipinski definition) is 0. The van der Waals surface area contributed by atoms with E-state index in [2.05, 4.69) is 261 Å². The SMILES string of the molecule is c1ccc(-c2ccc3sc4cccc(-c5ccc6cc(-c7nc(-c8ccc(-c9cccc%10ccccc9%10)cc8)nc(-c8cccc(-c9ccc(-c%10cccc%11ccccc%10%11)cc9)c8)n7)ccc6c5)c4c3c2)cc1. The molecule has 2 heterocycles. The lowest BCUT2D eigenvalue weighted by molar-refractivity contribution is 1.07. The number of thiophene rings is 1. The fraction of sp³-hybridized carbons (Fsp3) is 0. The Bertz CT molecular complexity index is 4410. The molecular formula is C69H43N3S. The standard InChI is InChI=1S/C69H43N3S/c1-2-12-44(13-3-1)54-38-39-64-63(43-54)66-62(24-11-25-65(66)73-64)55-36-34-53-42-57(37-35-52(53)40-55)69-71-67(50-32-30-49(31-33-50)61-23-10-17-47-15-5-7-21-59(47)61)70-68(72-69)56-19-8-18-51(41-56)45-26-28-48(29-27-45)60-22-9-16-46-14-4-6-20-58(46)60/h1-43H. The topological polar surface area (TPSA) is 38.7 Å². The van der Waals surface area contributed by atoms with E-state index in [4.69, 9.17) is 15.0 Å². The minimum absolute atomic E-state index is 0.620. The van der Waals surface area contributed by atoms with Crippen molar-refractivity contribution in [3.8, 4) is 89.8 Å². The molecule has 0 N–H and O–H groups in total. The zero-order valence-electron chi connectivity index (χ0n) is 39.6. The molecule has 0 aliphatic heterocycles. The first-order valence-electron chi connectivity index (χ1n) is 24.7.